The molecule has 4 heteroatoms. The Labute approximate surface area is 128 Å². The van der Waals surface area contributed by atoms with Crippen molar-refractivity contribution in [1.82, 2.24) is 5.43 Å². The first kappa shape index (κ1) is 14.1. The summed E-state index contributed by atoms with van der Waals surface area (Å²) in [6, 6.07) is 5.06. The van der Waals surface area contributed by atoms with E-state index in [9.17, 15) is 4.39 Å². The summed E-state index contributed by atoms with van der Waals surface area (Å²) in [5.41, 5.74) is 6.25. The van der Waals surface area contributed by atoms with Crippen LogP contribution >= 0.6 is 11.8 Å². The quantitative estimate of drug-likeness (QED) is 0.856. The van der Waals surface area contributed by atoms with Crippen molar-refractivity contribution >= 4 is 17.5 Å². The molecular formula is C17H17FN2S. The molecular weight excluding hydrogens is 283 g/mol. The number of fused-ring (bicyclic) bond motifs is 3. The van der Waals surface area contributed by atoms with Crippen molar-refractivity contribution in [2.75, 3.05) is 5.75 Å². The summed E-state index contributed by atoms with van der Waals surface area (Å²) in [5, 5.41) is 4.48. The van der Waals surface area contributed by atoms with Crippen LogP contribution < -0.4 is 5.43 Å². The number of rotatable bonds is 3. The van der Waals surface area contributed by atoms with Gasteiger partial charge in [0.25, 0.3) is 0 Å². The second kappa shape index (κ2) is 5.90. The molecule has 2 nitrogen and oxygen atoms in total. The number of halogens is 1. The highest BCUT2D eigenvalue weighted by atomic mass is 32.2. The van der Waals surface area contributed by atoms with E-state index in [1.54, 1.807) is 23.9 Å². The van der Waals surface area contributed by atoms with Crippen molar-refractivity contribution in [2.45, 2.75) is 17.9 Å². The molecule has 0 spiro atoms. The molecule has 0 aromatic heterocycles. The molecule has 0 aliphatic carbocycles. The molecule has 1 aromatic rings. The third-order valence-electron chi connectivity index (χ3n) is 3.74. The number of hydrogen-bond donors (Lipinski definition) is 1. The van der Waals surface area contributed by atoms with E-state index in [0.29, 0.717) is 0 Å². The molecule has 0 fully saturated rings. The van der Waals surface area contributed by atoms with Gasteiger partial charge in [0.15, 0.2) is 0 Å². The van der Waals surface area contributed by atoms with Crippen LogP contribution in [0.1, 0.15) is 12.5 Å². The highest BCUT2D eigenvalue weighted by Gasteiger charge is 2.37. The van der Waals surface area contributed by atoms with Gasteiger partial charge in [0.1, 0.15) is 5.82 Å². The van der Waals surface area contributed by atoms with Crippen molar-refractivity contribution in [3.05, 3.63) is 66.0 Å². The van der Waals surface area contributed by atoms with Crippen LogP contribution in [0.5, 0.6) is 0 Å². The third-order valence-corrected chi connectivity index (χ3v) is 4.93. The Morgan fingerprint density at radius 1 is 1.52 bits per heavy atom. The molecule has 108 valence electrons. The Kier molecular flexibility index (Phi) is 3.97. The van der Waals surface area contributed by atoms with E-state index < -0.39 is 0 Å². The standard InChI is InChI=1S/C17H17FN2S/c1-3-5-11(6-4-2)16-14-10-21-15-8-7-12(18)9-13(15)17(14)20-19-16/h3-9,14,16,19H,1,10H2,2H3/b6-4-,11-5+. The van der Waals surface area contributed by atoms with Gasteiger partial charge in [-0.25, -0.2) is 4.39 Å². The van der Waals surface area contributed by atoms with Gasteiger partial charge in [-0.05, 0) is 30.7 Å². The predicted molar refractivity (Wildman–Crippen MR) is 87.2 cm³/mol. The van der Waals surface area contributed by atoms with Gasteiger partial charge in [-0.3, -0.25) is 0 Å². The van der Waals surface area contributed by atoms with Gasteiger partial charge in [-0.2, -0.15) is 5.10 Å². The Morgan fingerprint density at radius 2 is 2.38 bits per heavy atom. The fourth-order valence-corrected chi connectivity index (χ4v) is 4.00. The zero-order chi connectivity index (χ0) is 14.8. The normalized spacial score (nSPS) is 24.3. The maximum atomic E-state index is 13.5. The van der Waals surface area contributed by atoms with Crippen LogP contribution in [0.25, 0.3) is 0 Å². The summed E-state index contributed by atoms with van der Waals surface area (Å²) in [7, 11) is 0. The Hall–Kier alpha value is -1.81. The molecule has 0 saturated carbocycles. The minimum Gasteiger partial charge on any atom is -0.302 e. The van der Waals surface area contributed by atoms with Crippen LogP contribution in [0.2, 0.25) is 0 Å². The Balaban J connectivity index is 1.95. The topological polar surface area (TPSA) is 24.4 Å². The summed E-state index contributed by atoms with van der Waals surface area (Å²) >= 11 is 1.77. The van der Waals surface area contributed by atoms with Crippen LogP contribution in [0.15, 0.2) is 64.7 Å². The smallest absolute Gasteiger partial charge is 0.123 e. The number of thioether (sulfide) groups is 1. The van der Waals surface area contributed by atoms with Crippen LogP contribution in [-0.2, 0) is 0 Å². The van der Waals surface area contributed by atoms with E-state index in [-0.39, 0.29) is 17.8 Å². The minimum absolute atomic E-state index is 0.123. The Bertz CT molecular complexity index is 661. The number of nitrogens with one attached hydrogen (secondary N) is 1. The molecule has 1 aromatic carbocycles. The lowest BCUT2D eigenvalue weighted by molar-refractivity contribution is 0.577. The molecule has 0 amide bonds. The van der Waals surface area contributed by atoms with Gasteiger partial charge in [0, 0.05) is 22.1 Å². The van der Waals surface area contributed by atoms with E-state index in [2.05, 4.69) is 23.2 Å². The average molecular weight is 300 g/mol. The number of nitrogens with zero attached hydrogens (tertiary/aromatic N) is 1. The molecule has 0 bridgehead atoms. The van der Waals surface area contributed by atoms with Crippen molar-refractivity contribution in [3.8, 4) is 0 Å². The summed E-state index contributed by atoms with van der Waals surface area (Å²) in [5.74, 6) is 0.990. The van der Waals surface area contributed by atoms with Gasteiger partial charge in [0.05, 0.1) is 11.8 Å². The largest absolute Gasteiger partial charge is 0.302 e. The maximum Gasteiger partial charge on any atom is 0.123 e. The number of allylic oxidation sites excluding steroid dienone is 3. The first-order valence-electron chi connectivity index (χ1n) is 6.95. The average Bonchev–Trinajstić information content (AvgIpc) is 2.91. The lowest BCUT2D eigenvalue weighted by Crippen LogP contribution is -2.34. The summed E-state index contributed by atoms with van der Waals surface area (Å²) in [6.07, 6.45) is 7.88. The second-order valence-corrected chi connectivity index (χ2v) is 6.13. The molecule has 0 radical (unpaired) electrons. The lowest BCUT2D eigenvalue weighted by atomic mass is 9.88. The first-order chi connectivity index (χ1) is 10.2. The Morgan fingerprint density at radius 3 is 3.14 bits per heavy atom. The number of hydrazone groups is 1. The van der Waals surface area contributed by atoms with Gasteiger partial charge < -0.3 is 5.43 Å². The van der Waals surface area contributed by atoms with Crippen LogP contribution in [0, 0.1) is 11.7 Å². The zero-order valence-corrected chi connectivity index (χ0v) is 12.7. The number of hydrogen-bond acceptors (Lipinski definition) is 3. The van der Waals surface area contributed by atoms with E-state index >= 15 is 0 Å². The predicted octanol–water partition coefficient (Wildman–Crippen LogP) is 3.91. The van der Waals surface area contributed by atoms with Gasteiger partial charge in [-0.15, -0.1) is 11.8 Å². The van der Waals surface area contributed by atoms with E-state index in [4.69, 9.17) is 0 Å². The second-order valence-electron chi connectivity index (χ2n) is 5.06. The van der Waals surface area contributed by atoms with Crippen molar-refractivity contribution < 1.29 is 4.39 Å². The maximum absolute atomic E-state index is 13.5. The van der Waals surface area contributed by atoms with E-state index in [0.717, 1.165) is 27.5 Å². The molecule has 3 rings (SSSR count). The summed E-state index contributed by atoms with van der Waals surface area (Å²) in [4.78, 5) is 1.11. The van der Waals surface area contributed by atoms with E-state index in [1.807, 2.05) is 25.1 Å². The van der Waals surface area contributed by atoms with Crippen LogP contribution in [0.4, 0.5) is 4.39 Å². The van der Waals surface area contributed by atoms with Gasteiger partial charge >= 0.3 is 0 Å². The molecule has 1 N–H and O–H groups in total. The van der Waals surface area contributed by atoms with Gasteiger partial charge in [-0.1, -0.05) is 30.9 Å². The summed E-state index contributed by atoms with van der Waals surface area (Å²) in [6.45, 7) is 5.77. The molecule has 2 heterocycles. The molecule has 21 heavy (non-hydrogen) atoms. The fourth-order valence-electron chi connectivity index (χ4n) is 2.81. The minimum atomic E-state index is -0.212. The summed E-state index contributed by atoms with van der Waals surface area (Å²) < 4.78 is 13.5. The van der Waals surface area contributed by atoms with Crippen molar-refractivity contribution in [2.24, 2.45) is 11.0 Å². The molecule has 0 saturated heterocycles. The molecule has 2 unspecified atom stereocenters. The van der Waals surface area contributed by atoms with Crippen LogP contribution in [0.3, 0.4) is 0 Å². The molecule has 2 atom stereocenters. The van der Waals surface area contributed by atoms with Crippen LogP contribution in [-0.4, -0.2) is 17.5 Å². The van der Waals surface area contributed by atoms with Crippen molar-refractivity contribution in [1.29, 1.82) is 0 Å². The highest BCUT2D eigenvalue weighted by Crippen LogP contribution is 2.38. The third kappa shape index (κ3) is 2.56. The van der Waals surface area contributed by atoms with Gasteiger partial charge in [0.2, 0.25) is 0 Å². The van der Waals surface area contributed by atoms with Crippen molar-refractivity contribution in [3.63, 3.8) is 0 Å². The highest BCUT2D eigenvalue weighted by molar-refractivity contribution is 7.99. The monoisotopic (exact) mass is 300 g/mol. The SMILES string of the molecule is C=C/C=C(\C=C/C)C1NN=C2c3cc(F)ccc3SCC21. The zero-order valence-electron chi connectivity index (χ0n) is 11.8. The van der Waals surface area contributed by atoms with E-state index in [1.165, 1.54) is 6.07 Å². The molecule has 2 aliphatic heterocycles. The first-order valence-corrected chi connectivity index (χ1v) is 7.94. The fraction of sp³-hybridized carbons (Fsp3) is 0.235. The lowest BCUT2D eigenvalue weighted by Gasteiger charge is -2.26. The number of benzene rings is 1. The molecule has 2 aliphatic rings.